The van der Waals surface area contributed by atoms with Crippen LogP contribution in [0.1, 0.15) is 24.1 Å². The van der Waals surface area contributed by atoms with Gasteiger partial charge in [0.1, 0.15) is 5.82 Å². The standard InChI is InChI=1S/C16H16BrF2NO/c1-3-20-16(10-7-11(17)9-12(18)8-10)13-5-4-6-14(21-2)15(13)19/h4-9,16,20H,3H2,1-2H3. The van der Waals surface area contributed by atoms with E-state index in [0.717, 1.165) is 0 Å². The highest BCUT2D eigenvalue weighted by Gasteiger charge is 2.20. The Hall–Kier alpha value is -1.46. The molecule has 112 valence electrons. The summed E-state index contributed by atoms with van der Waals surface area (Å²) in [5.41, 5.74) is 1.07. The van der Waals surface area contributed by atoms with E-state index in [1.54, 1.807) is 24.3 Å². The van der Waals surface area contributed by atoms with Crippen molar-refractivity contribution in [3.05, 3.63) is 63.6 Å². The van der Waals surface area contributed by atoms with Crippen LogP contribution in [0.2, 0.25) is 0 Å². The molecule has 2 aromatic rings. The largest absolute Gasteiger partial charge is 0.494 e. The molecule has 2 rings (SSSR count). The van der Waals surface area contributed by atoms with Crippen LogP contribution in [0.5, 0.6) is 5.75 Å². The maximum atomic E-state index is 14.5. The zero-order valence-corrected chi connectivity index (χ0v) is 13.4. The summed E-state index contributed by atoms with van der Waals surface area (Å²) in [5, 5.41) is 3.18. The Bertz CT molecular complexity index is 613. The fraction of sp³-hybridized carbons (Fsp3) is 0.250. The van der Waals surface area contributed by atoms with Crippen LogP contribution in [-0.4, -0.2) is 13.7 Å². The molecule has 0 aliphatic rings. The van der Waals surface area contributed by atoms with Crippen molar-refractivity contribution in [1.82, 2.24) is 5.32 Å². The molecule has 0 bridgehead atoms. The average Bonchev–Trinajstić information content (AvgIpc) is 2.44. The number of benzene rings is 2. The Morgan fingerprint density at radius 2 is 2.00 bits per heavy atom. The predicted molar refractivity (Wildman–Crippen MR) is 82.6 cm³/mol. The van der Waals surface area contributed by atoms with Gasteiger partial charge >= 0.3 is 0 Å². The van der Waals surface area contributed by atoms with E-state index in [1.165, 1.54) is 19.2 Å². The number of methoxy groups -OCH3 is 1. The van der Waals surface area contributed by atoms with Gasteiger partial charge in [0.2, 0.25) is 0 Å². The highest BCUT2D eigenvalue weighted by molar-refractivity contribution is 9.10. The molecule has 1 atom stereocenters. The van der Waals surface area contributed by atoms with Gasteiger partial charge in [-0.3, -0.25) is 0 Å². The third kappa shape index (κ3) is 3.60. The van der Waals surface area contributed by atoms with Crippen molar-refractivity contribution in [2.24, 2.45) is 0 Å². The monoisotopic (exact) mass is 355 g/mol. The number of hydrogen-bond donors (Lipinski definition) is 1. The van der Waals surface area contributed by atoms with Gasteiger partial charge in [-0.2, -0.15) is 0 Å². The summed E-state index contributed by atoms with van der Waals surface area (Å²) in [7, 11) is 1.42. The molecule has 0 radical (unpaired) electrons. The number of hydrogen-bond acceptors (Lipinski definition) is 2. The van der Waals surface area contributed by atoms with Crippen LogP contribution >= 0.6 is 15.9 Å². The fourth-order valence-corrected chi connectivity index (χ4v) is 2.74. The number of ether oxygens (including phenoxy) is 1. The second kappa shape index (κ2) is 7.00. The maximum absolute atomic E-state index is 14.5. The second-order valence-electron chi connectivity index (χ2n) is 4.56. The predicted octanol–water partition coefficient (Wildman–Crippen LogP) is 4.43. The summed E-state index contributed by atoms with van der Waals surface area (Å²) >= 11 is 3.27. The van der Waals surface area contributed by atoms with Gasteiger partial charge in [-0.05, 0) is 36.4 Å². The normalized spacial score (nSPS) is 12.2. The van der Waals surface area contributed by atoms with E-state index >= 15 is 0 Å². The molecule has 2 nitrogen and oxygen atoms in total. The van der Waals surface area contributed by atoms with E-state index in [2.05, 4.69) is 21.2 Å². The quantitative estimate of drug-likeness (QED) is 0.856. The van der Waals surface area contributed by atoms with Crippen molar-refractivity contribution in [1.29, 1.82) is 0 Å². The van der Waals surface area contributed by atoms with Gasteiger partial charge in [0.05, 0.1) is 13.2 Å². The van der Waals surface area contributed by atoms with Crippen molar-refractivity contribution in [2.45, 2.75) is 13.0 Å². The molecule has 0 aliphatic carbocycles. The van der Waals surface area contributed by atoms with E-state index in [4.69, 9.17) is 4.74 Å². The topological polar surface area (TPSA) is 21.3 Å². The molecular formula is C16H16BrF2NO. The summed E-state index contributed by atoms with van der Waals surface area (Å²) in [6, 6.07) is 9.04. The summed E-state index contributed by atoms with van der Waals surface area (Å²) in [6.45, 7) is 2.54. The van der Waals surface area contributed by atoms with Gasteiger partial charge in [0, 0.05) is 10.0 Å². The van der Waals surface area contributed by atoms with E-state index in [-0.39, 0.29) is 11.6 Å². The van der Waals surface area contributed by atoms with Gasteiger partial charge in [0.15, 0.2) is 11.6 Å². The maximum Gasteiger partial charge on any atom is 0.170 e. The highest BCUT2D eigenvalue weighted by Crippen LogP contribution is 2.31. The Balaban J connectivity index is 2.53. The molecule has 0 spiro atoms. The molecule has 1 unspecified atom stereocenters. The van der Waals surface area contributed by atoms with E-state index in [1.807, 2.05) is 6.92 Å². The smallest absolute Gasteiger partial charge is 0.170 e. The van der Waals surface area contributed by atoms with Crippen LogP contribution in [0.4, 0.5) is 8.78 Å². The van der Waals surface area contributed by atoms with Crippen LogP contribution in [0.3, 0.4) is 0 Å². The molecule has 0 fully saturated rings. The van der Waals surface area contributed by atoms with Crippen molar-refractivity contribution in [3.63, 3.8) is 0 Å². The molecular weight excluding hydrogens is 340 g/mol. The molecule has 0 aliphatic heterocycles. The average molecular weight is 356 g/mol. The minimum absolute atomic E-state index is 0.172. The second-order valence-corrected chi connectivity index (χ2v) is 5.47. The number of nitrogens with one attached hydrogen (secondary N) is 1. The minimum atomic E-state index is -0.447. The van der Waals surface area contributed by atoms with Crippen LogP contribution in [-0.2, 0) is 0 Å². The first-order valence-corrected chi connectivity index (χ1v) is 7.38. The Labute approximate surface area is 131 Å². The number of halogens is 3. The summed E-state index contributed by atoms with van der Waals surface area (Å²) in [5.74, 6) is -0.636. The lowest BCUT2D eigenvalue weighted by atomic mass is 9.97. The third-order valence-electron chi connectivity index (χ3n) is 3.15. The van der Waals surface area contributed by atoms with Crippen molar-refractivity contribution in [2.75, 3.05) is 13.7 Å². The van der Waals surface area contributed by atoms with Crippen LogP contribution < -0.4 is 10.1 Å². The Kier molecular flexibility index (Phi) is 5.31. The van der Waals surface area contributed by atoms with Crippen molar-refractivity contribution < 1.29 is 13.5 Å². The fourth-order valence-electron chi connectivity index (χ4n) is 2.26. The Morgan fingerprint density at radius 1 is 1.24 bits per heavy atom. The molecule has 0 saturated carbocycles. The zero-order valence-electron chi connectivity index (χ0n) is 11.8. The third-order valence-corrected chi connectivity index (χ3v) is 3.61. The summed E-state index contributed by atoms with van der Waals surface area (Å²) in [6.07, 6.45) is 0. The van der Waals surface area contributed by atoms with Crippen LogP contribution in [0, 0.1) is 11.6 Å². The molecule has 5 heteroatoms. The van der Waals surface area contributed by atoms with Gasteiger partial charge in [-0.25, -0.2) is 8.78 Å². The van der Waals surface area contributed by atoms with Crippen LogP contribution in [0.15, 0.2) is 40.9 Å². The minimum Gasteiger partial charge on any atom is -0.494 e. The SMILES string of the molecule is CCNC(c1cc(F)cc(Br)c1)c1cccc(OC)c1F. The lowest BCUT2D eigenvalue weighted by molar-refractivity contribution is 0.381. The first-order valence-electron chi connectivity index (χ1n) is 6.58. The van der Waals surface area contributed by atoms with Gasteiger partial charge in [-0.15, -0.1) is 0 Å². The first-order chi connectivity index (χ1) is 10.1. The van der Waals surface area contributed by atoms with Crippen molar-refractivity contribution in [3.8, 4) is 5.75 Å². The van der Waals surface area contributed by atoms with E-state index < -0.39 is 11.9 Å². The Morgan fingerprint density at radius 3 is 2.62 bits per heavy atom. The molecule has 21 heavy (non-hydrogen) atoms. The van der Waals surface area contributed by atoms with Gasteiger partial charge in [-0.1, -0.05) is 35.0 Å². The van der Waals surface area contributed by atoms with E-state index in [9.17, 15) is 8.78 Å². The van der Waals surface area contributed by atoms with E-state index in [0.29, 0.717) is 22.1 Å². The summed E-state index contributed by atoms with van der Waals surface area (Å²) in [4.78, 5) is 0. The van der Waals surface area contributed by atoms with Crippen LogP contribution in [0.25, 0.3) is 0 Å². The zero-order chi connectivity index (χ0) is 15.4. The van der Waals surface area contributed by atoms with Gasteiger partial charge < -0.3 is 10.1 Å². The lowest BCUT2D eigenvalue weighted by Gasteiger charge is -2.21. The highest BCUT2D eigenvalue weighted by atomic mass is 79.9. The summed E-state index contributed by atoms with van der Waals surface area (Å²) < 4.78 is 33.7. The van der Waals surface area contributed by atoms with Gasteiger partial charge in [0.25, 0.3) is 0 Å². The molecule has 0 saturated heterocycles. The molecule has 0 aromatic heterocycles. The molecule has 1 N–H and O–H groups in total. The number of rotatable bonds is 5. The lowest BCUT2D eigenvalue weighted by Crippen LogP contribution is -2.23. The van der Waals surface area contributed by atoms with Crippen molar-refractivity contribution >= 4 is 15.9 Å². The molecule has 0 heterocycles. The first kappa shape index (κ1) is 15.9. The molecule has 2 aromatic carbocycles. The molecule has 0 amide bonds.